The van der Waals surface area contributed by atoms with Crippen LogP contribution in [-0.4, -0.2) is 151 Å². The largest absolute Gasteiger partial charge is 0.444 e. The van der Waals surface area contributed by atoms with Crippen molar-refractivity contribution in [2.24, 2.45) is 10.8 Å². The van der Waals surface area contributed by atoms with E-state index in [-0.39, 0.29) is 34.4 Å². The summed E-state index contributed by atoms with van der Waals surface area (Å²) in [6.07, 6.45) is 1.48. The van der Waals surface area contributed by atoms with Crippen molar-refractivity contribution < 1.29 is 47.8 Å². The van der Waals surface area contributed by atoms with Crippen LogP contribution in [0.15, 0.2) is 48.5 Å². The lowest BCUT2D eigenvalue weighted by Gasteiger charge is -2.34. The monoisotopic (exact) mass is 1060 g/mol. The number of fused-ring (bicyclic) bond motifs is 2. The van der Waals surface area contributed by atoms with Crippen molar-refractivity contribution >= 4 is 82.5 Å². The van der Waals surface area contributed by atoms with Gasteiger partial charge in [0, 0.05) is 25.5 Å². The van der Waals surface area contributed by atoms with E-state index < -0.39 is 82.3 Å². The van der Waals surface area contributed by atoms with Crippen molar-refractivity contribution in [1.29, 1.82) is 0 Å². The summed E-state index contributed by atoms with van der Waals surface area (Å²) in [5, 5.41) is 11.5. The molecule has 4 N–H and O–H groups in total. The first-order chi connectivity index (χ1) is 34.4. The number of hydrogen-bond acceptors (Lipinski definition) is 12. The van der Waals surface area contributed by atoms with Crippen molar-refractivity contribution in [2.75, 3.05) is 36.2 Å². The first kappa shape index (κ1) is 57.8. The number of amides is 8. The fourth-order valence-electron chi connectivity index (χ4n) is 10.0. The maximum absolute atomic E-state index is 14.6. The van der Waals surface area contributed by atoms with Gasteiger partial charge in [0.25, 0.3) is 0 Å². The van der Waals surface area contributed by atoms with E-state index in [2.05, 4.69) is 21.3 Å². The molecule has 2 aromatic rings. The minimum atomic E-state index is -0.928. The van der Waals surface area contributed by atoms with Crippen LogP contribution in [0.3, 0.4) is 0 Å². The summed E-state index contributed by atoms with van der Waals surface area (Å²) >= 11 is 3.18. The Kier molecular flexibility index (Phi) is 17.8. The Morgan fingerprint density at radius 1 is 0.622 bits per heavy atom. The molecule has 0 radical (unpaired) electrons. The molecule has 8 amide bonds. The maximum atomic E-state index is 14.6. The third-order valence-electron chi connectivity index (χ3n) is 14.2. The van der Waals surface area contributed by atoms with E-state index in [1.807, 2.05) is 76.2 Å². The Hall–Kier alpha value is -5.50. The molecule has 0 spiro atoms. The second-order valence-electron chi connectivity index (χ2n) is 23.4. The number of ether oxygens (including phenoxy) is 2. The second-order valence-corrected chi connectivity index (χ2v) is 25.9. The van der Waals surface area contributed by atoms with Crippen molar-refractivity contribution in [1.82, 2.24) is 30.2 Å². The quantitative estimate of drug-likeness (QED) is 0.159. The molecule has 74 heavy (non-hydrogen) atoms. The van der Waals surface area contributed by atoms with Crippen LogP contribution in [0.25, 0.3) is 0 Å². The fourth-order valence-corrected chi connectivity index (χ4v) is 13.2. The van der Waals surface area contributed by atoms with E-state index in [0.29, 0.717) is 61.4 Å². The Morgan fingerprint density at radius 3 is 1.30 bits per heavy atom. The van der Waals surface area contributed by atoms with Crippen LogP contribution in [0.4, 0.5) is 21.0 Å². The summed E-state index contributed by atoms with van der Waals surface area (Å²) in [4.78, 5) is 116. The minimum absolute atomic E-state index is 0.286. The van der Waals surface area contributed by atoms with Gasteiger partial charge in [-0.25, -0.2) is 9.59 Å². The summed E-state index contributed by atoms with van der Waals surface area (Å²) < 4.78 is 10.9. The number of anilines is 2. The molecule has 0 unspecified atom stereocenters. The molecule has 8 atom stereocenters. The second kappa shape index (κ2) is 22.8. The van der Waals surface area contributed by atoms with E-state index in [1.54, 1.807) is 88.7 Å². The summed E-state index contributed by atoms with van der Waals surface area (Å²) in [5.74, 6) is -1.26. The van der Waals surface area contributed by atoms with E-state index in [9.17, 15) is 38.4 Å². The lowest BCUT2D eigenvalue weighted by atomic mass is 9.84. The maximum Gasteiger partial charge on any atom is 0.410 e. The van der Waals surface area contributed by atoms with Gasteiger partial charge in [0.05, 0.1) is 10.7 Å². The molecule has 2 aromatic carbocycles. The number of hydrogen-bond donors (Lipinski definition) is 4. The SMILES string of the molecule is C[C@@H](C(=O)N[C@H]1CCS[C@H]2CC(C)(C)[C@@H](C(=O)Nc3ccccc3CCc3ccccc3NC(=O)[C@H]3N4C(=O)[C@@H](NC(=O)[C@H](C)N(C)C(=O)OC(C)(C)C)CCS[C@H]4CC3(C)C)N2C1=O)N(C)C(=O)OC(C)(C)C. The Bertz CT molecular complexity index is 2310. The van der Waals surface area contributed by atoms with Crippen LogP contribution >= 0.6 is 23.5 Å². The number of para-hydroxylation sites is 2. The number of carbonyl (C=O) groups excluding carboxylic acids is 8. The fraction of sp³-hybridized carbons (Fsp3) is 0.630. The van der Waals surface area contributed by atoms with Gasteiger partial charge < -0.3 is 40.5 Å². The summed E-state index contributed by atoms with van der Waals surface area (Å²) in [7, 11) is 2.95. The highest BCUT2D eigenvalue weighted by molar-refractivity contribution is 8.00. The number of nitrogens with one attached hydrogen (secondary N) is 4. The van der Waals surface area contributed by atoms with Gasteiger partial charge in [0.1, 0.15) is 47.5 Å². The molecule has 4 heterocycles. The van der Waals surface area contributed by atoms with Gasteiger partial charge in [-0.15, -0.1) is 23.5 Å². The molecule has 406 valence electrons. The molecule has 4 aliphatic heterocycles. The van der Waals surface area contributed by atoms with Gasteiger partial charge in [-0.05, 0) is 140 Å². The molecule has 6 rings (SSSR count). The van der Waals surface area contributed by atoms with E-state index in [4.69, 9.17) is 9.47 Å². The van der Waals surface area contributed by atoms with Gasteiger partial charge in [0.15, 0.2) is 0 Å². The van der Waals surface area contributed by atoms with Crippen molar-refractivity contribution in [3.63, 3.8) is 0 Å². The average Bonchev–Trinajstić information content (AvgIpc) is 3.62. The molecule has 0 aliphatic carbocycles. The number of likely N-dealkylation sites (N-methyl/N-ethyl adjacent to an activating group) is 2. The van der Waals surface area contributed by atoms with E-state index in [1.165, 1.54) is 23.9 Å². The van der Waals surface area contributed by atoms with Crippen LogP contribution in [0.2, 0.25) is 0 Å². The zero-order chi connectivity index (χ0) is 54.8. The number of nitrogens with zero attached hydrogens (tertiary/aromatic N) is 4. The third-order valence-corrected chi connectivity index (χ3v) is 16.7. The number of aryl methyl sites for hydroxylation is 2. The molecular weight excluding hydrogens is 985 g/mol. The first-order valence-corrected chi connectivity index (χ1v) is 27.7. The van der Waals surface area contributed by atoms with Crippen LogP contribution in [-0.2, 0) is 51.1 Å². The van der Waals surface area contributed by atoms with E-state index in [0.717, 1.165) is 11.1 Å². The number of thioether (sulfide) groups is 2. The first-order valence-electron chi connectivity index (χ1n) is 25.6. The van der Waals surface area contributed by atoms with Crippen LogP contribution in [0, 0.1) is 10.8 Å². The molecule has 4 aliphatic rings. The molecular formula is C54H78N8O10S2. The predicted molar refractivity (Wildman–Crippen MR) is 288 cm³/mol. The van der Waals surface area contributed by atoms with Crippen molar-refractivity contribution in [3.8, 4) is 0 Å². The highest BCUT2D eigenvalue weighted by atomic mass is 32.2. The third kappa shape index (κ3) is 13.5. The van der Waals surface area contributed by atoms with Gasteiger partial charge in [0.2, 0.25) is 35.4 Å². The number of carbonyl (C=O) groups is 8. The molecule has 0 saturated carbocycles. The molecule has 18 nitrogen and oxygen atoms in total. The minimum Gasteiger partial charge on any atom is -0.444 e. The van der Waals surface area contributed by atoms with Crippen molar-refractivity contribution in [3.05, 3.63) is 59.7 Å². The number of benzene rings is 2. The Balaban J connectivity index is 1.13. The smallest absolute Gasteiger partial charge is 0.410 e. The molecule has 0 aromatic heterocycles. The summed E-state index contributed by atoms with van der Waals surface area (Å²) in [6, 6.07) is 9.60. The van der Waals surface area contributed by atoms with Crippen LogP contribution < -0.4 is 21.3 Å². The van der Waals surface area contributed by atoms with Gasteiger partial charge >= 0.3 is 12.2 Å². The van der Waals surface area contributed by atoms with Crippen LogP contribution in [0.5, 0.6) is 0 Å². The zero-order valence-corrected chi connectivity index (χ0v) is 47.2. The summed E-state index contributed by atoms with van der Waals surface area (Å²) in [5.41, 5.74) is 0.103. The van der Waals surface area contributed by atoms with Gasteiger partial charge in [-0.3, -0.25) is 38.6 Å². The lowest BCUT2D eigenvalue weighted by molar-refractivity contribution is -0.142. The zero-order valence-electron chi connectivity index (χ0n) is 45.6. The summed E-state index contributed by atoms with van der Waals surface area (Å²) in [6.45, 7) is 21.5. The highest BCUT2D eigenvalue weighted by Gasteiger charge is 2.56. The normalized spacial score (nSPS) is 24.2. The lowest BCUT2D eigenvalue weighted by Crippen LogP contribution is -2.57. The Morgan fingerprint density at radius 2 is 0.959 bits per heavy atom. The van der Waals surface area contributed by atoms with Gasteiger partial charge in [-0.2, -0.15) is 0 Å². The highest BCUT2D eigenvalue weighted by Crippen LogP contribution is 2.48. The topological polar surface area (TPSA) is 216 Å². The Labute approximate surface area is 445 Å². The van der Waals surface area contributed by atoms with Gasteiger partial charge in [-0.1, -0.05) is 64.1 Å². The van der Waals surface area contributed by atoms with E-state index >= 15 is 0 Å². The molecule has 20 heteroatoms. The average molecular weight is 1060 g/mol. The molecule has 4 saturated heterocycles. The standard InChI is InChI=1S/C54H78N8O10S2/c1-31(59(13)49(69)71-51(3,4)5)43(63)57-37-25-27-73-39-29-53(9,10)41(61(39)47(37)67)45(65)55-35-21-17-15-19-33(35)23-24-34-20-16-18-22-36(34)56-46(66)42-54(11,12)30-40-62(42)48(68)38(26-28-74-40)58-44(64)32(2)60(14)50(70)72-52(6,7)8/h15-22,31-32,37-42H,23-30H2,1-14H3,(H,55,65)(H,56,66)(H,57,63)(H,58,64)/t31-,32-,37-,38-,39-,40-,41+,42+/m0/s1. The molecule has 4 fully saturated rings. The molecule has 0 bridgehead atoms. The van der Waals surface area contributed by atoms with Crippen molar-refractivity contribution in [2.45, 2.75) is 180 Å². The number of rotatable bonds is 13. The predicted octanol–water partition coefficient (Wildman–Crippen LogP) is 7.01. The van der Waals surface area contributed by atoms with Crippen LogP contribution in [0.1, 0.15) is 120 Å².